The van der Waals surface area contributed by atoms with E-state index in [9.17, 15) is 14.0 Å². The van der Waals surface area contributed by atoms with E-state index < -0.39 is 11.8 Å². The van der Waals surface area contributed by atoms with E-state index in [0.717, 1.165) is 5.69 Å². The molecule has 0 aliphatic carbocycles. The summed E-state index contributed by atoms with van der Waals surface area (Å²) in [5.74, 6) is -0.971. The normalized spacial score (nSPS) is 11.1. The maximum Gasteiger partial charge on any atom is 0.340 e. The number of hydrogen-bond acceptors (Lipinski definition) is 5. The molecule has 1 aromatic carbocycles. The molecule has 7 heteroatoms. The second kappa shape index (κ2) is 6.84. The third kappa shape index (κ3) is 3.22. The number of hydrogen-bond donors (Lipinski definition) is 0. The Kier molecular flexibility index (Phi) is 4.35. The van der Waals surface area contributed by atoms with Gasteiger partial charge in [-0.25, -0.2) is 14.2 Å². The Labute approximate surface area is 159 Å². The Morgan fingerprint density at radius 2 is 1.93 bits per heavy atom. The smallest absolute Gasteiger partial charge is 0.340 e. The first-order valence-electron chi connectivity index (χ1n) is 8.65. The van der Waals surface area contributed by atoms with Crippen molar-refractivity contribution in [2.24, 2.45) is 0 Å². The van der Waals surface area contributed by atoms with Gasteiger partial charge in [-0.05, 0) is 44.2 Å². The van der Waals surface area contributed by atoms with Gasteiger partial charge in [-0.3, -0.25) is 14.2 Å². The summed E-state index contributed by atoms with van der Waals surface area (Å²) in [6, 6.07) is 12.5. The number of benzene rings is 1. The fourth-order valence-electron chi connectivity index (χ4n) is 3.10. The van der Waals surface area contributed by atoms with Crippen LogP contribution in [0.4, 0.5) is 4.39 Å². The van der Waals surface area contributed by atoms with Gasteiger partial charge in [0.05, 0.1) is 22.5 Å². The lowest BCUT2D eigenvalue weighted by molar-refractivity contribution is 0.0466. The van der Waals surface area contributed by atoms with Gasteiger partial charge in [-0.15, -0.1) is 0 Å². The van der Waals surface area contributed by atoms with E-state index in [-0.39, 0.29) is 17.7 Å². The van der Waals surface area contributed by atoms with Crippen LogP contribution in [0, 0.1) is 19.7 Å². The molecule has 0 radical (unpaired) electrons. The zero-order valence-electron chi connectivity index (χ0n) is 15.3. The highest BCUT2D eigenvalue weighted by atomic mass is 19.1. The minimum absolute atomic E-state index is 0.139. The average Bonchev–Trinajstić information content (AvgIpc) is 2.65. The number of nitrogens with zero attached hydrogens (tertiary/aromatic N) is 3. The Balaban J connectivity index is 1.60. The molecule has 28 heavy (non-hydrogen) atoms. The quantitative estimate of drug-likeness (QED) is 0.512. The van der Waals surface area contributed by atoms with Crippen LogP contribution in [0.15, 0.2) is 53.3 Å². The monoisotopic (exact) mass is 377 g/mol. The van der Waals surface area contributed by atoms with Crippen LogP contribution in [0.5, 0.6) is 0 Å². The van der Waals surface area contributed by atoms with Gasteiger partial charge < -0.3 is 4.74 Å². The molecule has 0 N–H and O–H groups in total. The molecule has 0 spiro atoms. The van der Waals surface area contributed by atoms with Crippen molar-refractivity contribution in [2.75, 3.05) is 0 Å². The van der Waals surface area contributed by atoms with Crippen molar-refractivity contribution in [3.05, 3.63) is 87.3 Å². The molecule has 3 heterocycles. The molecule has 0 unspecified atom stereocenters. The summed E-state index contributed by atoms with van der Waals surface area (Å²) in [7, 11) is 0. The van der Waals surface area contributed by atoms with E-state index in [0.29, 0.717) is 27.9 Å². The average molecular weight is 377 g/mol. The van der Waals surface area contributed by atoms with Crippen LogP contribution in [-0.4, -0.2) is 20.3 Å². The van der Waals surface area contributed by atoms with Gasteiger partial charge in [0, 0.05) is 23.2 Å². The molecule has 0 amide bonds. The van der Waals surface area contributed by atoms with Crippen molar-refractivity contribution < 1.29 is 13.9 Å². The Hall–Kier alpha value is -3.61. The van der Waals surface area contributed by atoms with Gasteiger partial charge in [0.25, 0.3) is 5.56 Å². The Morgan fingerprint density at radius 3 is 2.75 bits per heavy atom. The van der Waals surface area contributed by atoms with Crippen molar-refractivity contribution in [1.29, 1.82) is 0 Å². The van der Waals surface area contributed by atoms with Crippen LogP contribution in [0.1, 0.15) is 27.4 Å². The molecule has 0 fully saturated rings. The molecule has 0 aliphatic heterocycles. The predicted molar refractivity (Wildman–Crippen MR) is 102 cm³/mol. The van der Waals surface area contributed by atoms with E-state index >= 15 is 0 Å². The molecule has 0 saturated heterocycles. The topological polar surface area (TPSA) is 73.6 Å². The summed E-state index contributed by atoms with van der Waals surface area (Å²) in [6.45, 7) is 3.33. The molecule has 4 aromatic rings. The van der Waals surface area contributed by atoms with Gasteiger partial charge in [0.2, 0.25) is 0 Å². The lowest BCUT2D eigenvalue weighted by Crippen LogP contribution is -2.18. The molecule has 6 nitrogen and oxygen atoms in total. The highest BCUT2D eigenvalue weighted by Crippen LogP contribution is 2.19. The number of carbonyl (C=O) groups is 1. The van der Waals surface area contributed by atoms with Crippen molar-refractivity contribution >= 4 is 22.5 Å². The number of aromatic nitrogens is 3. The highest BCUT2D eigenvalue weighted by molar-refractivity contribution is 5.95. The summed E-state index contributed by atoms with van der Waals surface area (Å²) in [5, 5.41) is 0.636. The van der Waals surface area contributed by atoms with Gasteiger partial charge in [0.1, 0.15) is 18.1 Å². The van der Waals surface area contributed by atoms with Gasteiger partial charge in [0.15, 0.2) is 0 Å². The first-order valence-corrected chi connectivity index (χ1v) is 8.65. The molecular formula is C21H16FN3O3. The van der Waals surface area contributed by atoms with E-state index in [2.05, 4.69) is 9.97 Å². The highest BCUT2D eigenvalue weighted by Gasteiger charge is 2.15. The number of aryl methyl sites for hydroxylation is 2. The summed E-state index contributed by atoms with van der Waals surface area (Å²) in [4.78, 5) is 33.5. The molecule has 4 rings (SSSR count). The first-order chi connectivity index (χ1) is 13.4. The van der Waals surface area contributed by atoms with Gasteiger partial charge in [-0.1, -0.05) is 6.07 Å². The molecular weight excluding hydrogens is 361 g/mol. The van der Waals surface area contributed by atoms with Crippen molar-refractivity contribution in [3.63, 3.8) is 0 Å². The van der Waals surface area contributed by atoms with Crippen molar-refractivity contribution in [3.8, 4) is 0 Å². The minimum Gasteiger partial charge on any atom is -0.456 e. The van der Waals surface area contributed by atoms with E-state index in [1.807, 2.05) is 13.0 Å². The van der Waals surface area contributed by atoms with Crippen molar-refractivity contribution in [2.45, 2.75) is 20.5 Å². The molecule has 0 aliphatic rings. The SMILES string of the molecule is Cc1nc2cc(F)ccc2cc1C(=O)OCc1cc(=O)n2c(C)cccc2n1. The number of pyridine rings is 2. The molecule has 140 valence electrons. The summed E-state index contributed by atoms with van der Waals surface area (Å²) in [6.07, 6.45) is 0. The molecule has 3 aromatic heterocycles. The number of halogens is 1. The minimum atomic E-state index is -0.581. The van der Waals surface area contributed by atoms with Crippen LogP contribution >= 0.6 is 0 Å². The lowest BCUT2D eigenvalue weighted by atomic mass is 10.1. The second-order valence-corrected chi connectivity index (χ2v) is 6.48. The zero-order valence-corrected chi connectivity index (χ0v) is 15.3. The first kappa shape index (κ1) is 17.8. The Morgan fingerprint density at radius 1 is 1.11 bits per heavy atom. The maximum atomic E-state index is 13.3. The lowest BCUT2D eigenvalue weighted by Gasteiger charge is -2.09. The molecule has 0 bridgehead atoms. The van der Waals surface area contributed by atoms with Crippen molar-refractivity contribution in [1.82, 2.24) is 14.4 Å². The summed E-state index contributed by atoms with van der Waals surface area (Å²) in [5.41, 5.74) is 2.57. The molecule has 0 atom stereocenters. The number of rotatable bonds is 3. The van der Waals surface area contributed by atoms with Crippen LogP contribution in [0.3, 0.4) is 0 Å². The van der Waals surface area contributed by atoms with E-state index in [1.54, 1.807) is 31.2 Å². The standard InChI is InChI=1S/C21H16FN3O3/c1-12-4-3-5-19-24-16(10-20(26)25(12)19)11-28-21(27)17-8-14-6-7-15(22)9-18(14)23-13(17)2/h3-10H,11H2,1-2H3. The maximum absolute atomic E-state index is 13.3. The second-order valence-electron chi connectivity index (χ2n) is 6.48. The van der Waals surface area contributed by atoms with Crippen LogP contribution in [0.2, 0.25) is 0 Å². The number of fused-ring (bicyclic) bond motifs is 2. The van der Waals surface area contributed by atoms with E-state index in [1.165, 1.54) is 22.6 Å². The number of esters is 1. The fraction of sp³-hybridized carbons (Fsp3) is 0.143. The number of carbonyl (C=O) groups excluding carboxylic acids is 1. The molecule has 0 saturated carbocycles. The van der Waals surface area contributed by atoms with Crippen LogP contribution in [0.25, 0.3) is 16.6 Å². The summed E-state index contributed by atoms with van der Waals surface area (Å²) < 4.78 is 20.2. The fourth-order valence-corrected chi connectivity index (χ4v) is 3.10. The third-order valence-corrected chi connectivity index (χ3v) is 4.47. The van der Waals surface area contributed by atoms with Crippen LogP contribution in [-0.2, 0) is 11.3 Å². The number of ether oxygens (including phenoxy) is 1. The van der Waals surface area contributed by atoms with Gasteiger partial charge >= 0.3 is 5.97 Å². The predicted octanol–water partition coefficient (Wildman–Crippen LogP) is 3.36. The summed E-state index contributed by atoms with van der Waals surface area (Å²) >= 11 is 0. The van der Waals surface area contributed by atoms with Crippen LogP contribution < -0.4 is 5.56 Å². The van der Waals surface area contributed by atoms with E-state index in [4.69, 9.17) is 4.74 Å². The zero-order chi connectivity index (χ0) is 19.8. The van der Waals surface area contributed by atoms with Gasteiger partial charge in [-0.2, -0.15) is 0 Å². The third-order valence-electron chi connectivity index (χ3n) is 4.47. The Bertz CT molecular complexity index is 1300. The largest absolute Gasteiger partial charge is 0.456 e.